The highest BCUT2D eigenvalue weighted by atomic mass is 15.0. The number of aromatic nitrogens is 3. The van der Waals surface area contributed by atoms with E-state index < -0.39 is 0 Å². The Bertz CT molecular complexity index is 738. The lowest BCUT2D eigenvalue weighted by molar-refractivity contribution is 1.10. The van der Waals surface area contributed by atoms with Crippen molar-refractivity contribution in [2.75, 3.05) is 16.8 Å². The van der Waals surface area contributed by atoms with Crippen molar-refractivity contribution in [1.29, 1.82) is 0 Å². The van der Waals surface area contributed by atoms with E-state index in [0.29, 0.717) is 12.4 Å². The first-order valence-electron chi connectivity index (χ1n) is 6.17. The van der Waals surface area contributed by atoms with Crippen LogP contribution in [0, 0.1) is 0 Å². The summed E-state index contributed by atoms with van der Waals surface area (Å²) in [5.41, 5.74) is 14.0. The molecule has 0 atom stereocenters. The fraction of sp³-hybridized carbons (Fsp3) is 0.0714. The third-order valence-electron chi connectivity index (χ3n) is 2.98. The highest BCUT2D eigenvalue weighted by Gasteiger charge is 2.04. The van der Waals surface area contributed by atoms with Crippen LogP contribution in [-0.4, -0.2) is 15.0 Å². The highest BCUT2D eigenvalue weighted by molar-refractivity contribution is 5.89. The third-order valence-corrected chi connectivity index (χ3v) is 2.98. The van der Waals surface area contributed by atoms with E-state index in [1.54, 1.807) is 12.3 Å². The van der Waals surface area contributed by atoms with E-state index in [9.17, 15) is 0 Å². The summed E-state index contributed by atoms with van der Waals surface area (Å²) in [6.45, 7) is 0.650. The lowest BCUT2D eigenvalue weighted by Crippen LogP contribution is -2.03. The molecule has 0 saturated carbocycles. The Morgan fingerprint density at radius 3 is 2.60 bits per heavy atom. The fourth-order valence-corrected chi connectivity index (χ4v) is 1.93. The van der Waals surface area contributed by atoms with Crippen LogP contribution in [-0.2, 0) is 6.54 Å². The second-order valence-corrected chi connectivity index (χ2v) is 4.44. The average Bonchev–Trinajstić information content (AvgIpc) is 2.46. The lowest BCUT2D eigenvalue weighted by atomic mass is 10.2. The molecule has 1 aromatic carbocycles. The van der Waals surface area contributed by atoms with Gasteiger partial charge in [-0.25, -0.2) is 15.0 Å². The van der Waals surface area contributed by atoms with E-state index in [-0.39, 0.29) is 0 Å². The van der Waals surface area contributed by atoms with Gasteiger partial charge in [0.25, 0.3) is 0 Å². The van der Waals surface area contributed by atoms with Gasteiger partial charge in [0.05, 0.1) is 10.9 Å². The summed E-state index contributed by atoms with van der Waals surface area (Å²) in [7, 11) is 0. The first-order chi connectivity index (χ1) is 9.72. The molecule has 0 bridgehead atoms. The number of nitrogens with zero attached hydrogens (tertiary/aromatic N) is 3. The van der Waals surface area contributed by atoms with E-state index in [0.717, 1.165) is 28.0 Å². The first-order valence-corrected chi connectivity index (χ1v) is 6.17. The summed E-state index contributed by atoms with van der Waals surface area (Å²) >= 11 is 0. The number of hydrogen-bond acceptors (Lipinski definition) is 6. The molecule has 2 aromatic heterocycles. The molecule has 0 aliphatic heterocycles. The predicted octanol–water partition coefficient (Wildman–Crippen LogP) is 1.80. The minimum absolute atomic E-state index is 0.445. The number of nitrogens with one attached hydrogen (secondary N) is 1. The summed E-state index contributed by atoms with van der Waals surface area (Å²) in [5.74, 6) is 1.18. The van der Waals surface area contributed by atoms with Gasteiger partial charge in [0, 0.05) is 24.5 Å². The zero-order valence-electron chi connectivity index (χ0n) is 10.7. The predicted molar refractivity (Wildman–Crippen MR) is 79.9 cm³/mol. The lowest BCUT2D eigenvalue weighted by Gasteiger charge is -2.08. The Morgan fingerprint density at radius 1 is 1.00 bits per heavy atom. The van der Waals surface area contributed by atoms with Crippen LogP contribution < -0.4 is 16.8 Å². The number of pyridine rings is 1. The van der Waals surface area contributed by atoms with Crippen LogP contribution in [0.25, 0.3) is 10.9 Å². The van der Waals surface area contributed by atoms with E-state index in [2.05, 4.69) is 20.3 Å². The monoisotopic (exact) mass is 266 g/mol. The standard InChI is InChI=1S/C14H14N6/c15-10-3-1-9(2-4-10)6-18-14-11-7-17-13(16)5-12(11)19-8-20-14/h1-5,7-8H,6,15H2,(H2,16,17)(H,18,19,20). The zero-order valence-corrected chi connectivity index (χ0v) is 10.7. The molecule has 0 aliphatic rings. The summed E-state index contributed by atoms with van der Waals surface area (Å²) in [6, 6.07) is 9.42. The van der Waals surface area contributed by atoms with E-state index in [4.69, 9.17) is 11.5 Å². The Balaban J connectivity index is 1.85. The van der Waals surface area contributed by atoms with E-state index >= 15 is 0 Å². The third kappa shape index (κ3) is 2.44. The smallest absolute Gasteiger partial charge is 0.139 e. The van der Waals surface area contributed by atoms with Crippen molar-refractivity contribution in [2.45, 2.75) is 6.54 Å². The minimum atomic E-state index is 0.445. The quantitative estimate of drug-likeness (QED) is 0.625. The van der Waals surface area contributed by atoms with Crippen molar-refractivity contribution in [3.05, 3.63) is 48.4 Å². The van der Waals surface area contributed by atoms with Crippen molar-refractivity contribution in [3.63, 3.8) is 0 Å². The first kappa shape index (κ1) is 12.2. The van der Waals surface area contributed by atoms with Gasteiger partial charge in [0.1, 0.15) is 18.0 Å². The number of anilines is 3. The van der Waals surface area contributed by atoms with Gasteiger partial charge in [0.15, 0.2) is 0 Å². The molecule has 2 heterocycles. The van der Waals surface area contributed by atoms with Gasteiger partial charge in [0.2, 0.25) is 0 Å². The van der Waals surface area contributed by atoms with Crippen molar-refractivity contribution >= 4 is 28.2 Å². The number of rotatable bonds is 3. The van der Waals surface area contributed by atoms with Gasteiger partial charge in [-0.3, -0.25) is 0 Å². The molecule has 0 fully saturated rings. The summed E-state index contributed by atoms with van der Waals surface area (Å²) < 4.78 is 0. The molecule has 3 rings (SSSR count). The Kier molecular flexibility index (Phi) is 3.04. The largest absolute Gasteiger partial charge is 0.399 e. The molecule has 0 saturated heterocycles. The minimum Gasteiger partial charge on any atom is -0.399 e. The Labute approximate surface area is 115 Å². The molecule has 0 spiro atoms. The molecule has 3 aromatic rings. The molecule has 6 nitrogen and oxygen atoms in total. The topological polar surface area (TPSA) is 103 Å². The van der Waals surface area contributed by atoms with Gasteiger partial charge in [-0.15, -0.1) is 0 Å². The molecule has 6 heteroatoms. The van der Waals surface area contributed by atoms with Crippen molar-refractivity contribution in [1.82, 2.24) is 15.0 Å². The summed E-state index contributed by atoms with van der Waals surface area (Å²) in [5, 5.41) is 4.11. The molecular formula is C14H14N6. The van der Waals surface area contributed by atoms with Crippen LogP contribution in [0.3, 0.4) is 0 Å². The van der Waals surface area contributed by atoms with Gasteiger partial charge < -0.3 is 16.8 Å². The van der Waals surface area contributed by atoms with E-state index in [1.165, 1.54) is 6.33 Å². The molecule has 0 amide bonds. The maximum atomic E-state index is 5.66. The Hall–Kier alpha value is -2.89. The van der Waals surface area contributed by atoms with Gasteiger partial charge in [-0.05, 0) is 17.7 Å². The van der Waals surface area contributed by atoms with Crippen molar-refractivity contribution < 1.29 is 0 Å². The molecule has 0 unspecified atom stereocenters. The molecule has 5 N–H and O–H groups in total. The van der Waals surface area contributed by atoms with Crippen LogP contribution >= 0.6 is 0 Å². The number of nitrogen functional groups attached to an aromatic ring is 2. The molecular weight excluding hydrogens is 252 g/mol. The number of fused-ring (bicyclic) bond motifs is 1. The average molecular weight is 266 g/mol. The SMILES string of the molecule is Nc1ccc(CNc2ncnc3cc(N)ncc23)cc1. The number of hydrogen-bond donors (Lipinski definition) is 3. The van der Waals surface area contributed by atoms with Crippen LogP contribution in [0.2, 0.25) is 0 Å². The summed E-state index contributed by atoms with van der Waals surface area (Å²) in [4.78, 5) is 12.5. The van der Waals surface area contributed by atoms with Gasteiger partial charge in [-0.2, -0.15) is 0 Å². The van der Waals surface area contributed by atoms with Gasteiger partial charge >= 0.3 is 0 Å². The maximum absolute atomic E-state index is 5.66. The highest BCUT2D eigenvalue weighted by Crippen LogP contribution is 2.20. The fourth-order valence-electron chi connectivity index (χ4n) is 1.93. The second kappa shape index (κ2) is 5.00. The van der Waals surface area contributed by atoms with E-state index in [1.807, 2.05) is 24.3 Å². The van der Waals surface area contributed by atoms with Crippen LogP contribution in [0.5, 0.6) is 0 Å². The maximum Gasteiger partial charge on any atom is 0.139 e. The molecule has 20 heavy (non-hydrogen) atoms. The summed E-state index contributed by atoms with van der Waals surface area (Å²) in [6.07, 6.45) is 3.18. The van der Waals surface area contributed by atoms with Crippen LogP contribution in [0.4, 0.5) is 17.3 Å². The molecule has 0 radical (unpaired) electrons. The van der Waals surface area contributed by atoms with Crippen LogP contribution in [0.1, 0.15) is 5.56 Å². The zero-order chi connectivity index (χ0) is 13.9. The number of nitrogens with two attached hydrogens (primary N) is 2. The van der Waals surface area contributed by atoms with Crippen LogP contribution in [0.15, 0.2) is 42.9 Å². The van der Waals surface area contributed by atoms with Crippen molar-refractivity contribution in [2.24, 2.45) is 0 Å². The number of benzene rings is 1. The Morgan fingerprint density at radius 2 is 1.80 bits per heavy atom. The van der Waals surface area contributed by atoms with Gasteiger partial charge in [-0.1, -0.05) is 12.1 Å². The normalized spacial score (nSPS) is 10.6. The molecule has 0 aliphatic carbocycles. The molecule has 100 valence electrons. The van der Waals surface area contributed by atoms with Crippen molar-refractivity contribution in [3.8, 4) is 0 Å². The second-order valence-electron chi connectivity index (χ2n) is 4.44.